The fourth-order valence-corrected chi connectivity index (χ4v) is 4.36. The lowest BCUT2D eigenvalue weighted by atomic mass is 9.96. The first-order valence-electron chi connectivity index (χ1n) is 11.2. The van der Waals surface area contributed by atoms with Gasteiger partial charge >= 0.3 is 6.09 Å². The molecule has 2 aromatic heterocycles. The van der Waals surface area contributed by atoms with Crippen molar-refractivity contribution in [3.63, 3.8) is 0 Å². The number of aliphatic hydroxyl groups excluding tert-OH is 1. The summed E-state index contributed by atoms with van der Waals surface area (Å²) in [6.07, 6.45) is 3.98. The van der Waals surface area contributed by atoms with Gasteiger partial charge in [0, 0.05) is 30.2 Å². The molecule has 2 aliphatic rings. The summed E-state index contributed by atoms with van der Waals surface area (Å²) >= 11 is 0. The average molecular weight is 473 g/mol. The van der Waals surface area contributed by atoms with Gasteiger partial charge in [0.2, 0.25) is 5.69 Å². The normalized spacial score (nSPS) is 19.0. The Morgan fingerprint density at radius 1 is 1.29 bits per heavy atom. The molecule has 0 bridgehead atoms. The van der Waals surface area contributed by atoms with Crippen molar-refractivity contribution in [1.82, 2.24) is 15.5 Å². The predicted molar refractivity (Wildman–Crippen MR) is 116 cm³/mol. The second-order valence-corrected chi connectivity index (χ2v) is 8.47. The van der Waals surface area contributed by atoms with Gasteiger partial charge in [0.1, 0.15) is 31.8 Å². The molecule has 5 rings (SSSR count). The molecular weight excluding hydrogens is 447 g/mol. The Morgan fingerprint density at radius 3 is 2.85 bits per heavy atom. The lowest BCUT2D eigenvalue weighted by molar-refractivity contribution is -0.759. The largest absolute Gasteiger partial charge is 0.471 e. The highest BCUT2D eigenvalue weighted by Crippen LogP contribution is 2.30. The molecule has 0 spiro atoms. The van der Waals surface area contributed by atoms with Gasteiger partial charge in [0.05, 0.1) is 17.9 Å². The smallest absolute Gasteiger partial charge is 0.414 e. The van der Waals surface area contributed by atoms with Crippen molar-refractivity contribution in [3.05, 3.63) is 48.2 Å². The molecule has 2 aliphatic heterocycles. The minimum absolute atomic E-state index is 0.0937. The average Bonchev–Trinajstić information content (AvgIpc) is 3.60. The number of rotatable bonds is 8. The minimum Gasteiger partial charge on any atom is -0.471 e. The molecule has 180 valence electrons. The van der Waals surface area contributed by atoms with Gasteiger partial charge in [-0.3, -0.25) is 4.90 Å². The Kier molecular flexibility index (Phi) is 6.30. The van der Waals surface area contributed by atoms with E-state index in [-0.39, 0.29) is 25.6 Å². The molecule has 3 aromatic rings. The number of benzene rings is 1. The molecule has 1 atom stereocenters. The molecule has 11 nitrogen and oxygen atoms in total. The molecule has 0 unspecified atom stereocenters. The van der Waals surface area contributed by atoms with Crippen molar-refractivity contribution in [2.75, 3.05) is 36.0 Å². The lowest BCUT2D eigenvalue weighted by Gasteiger charge is -2.33. The summed E-state index contributed by atoms with van der Waals surface area (Å²) in [5, 5.41) is 19.7. The summed E-state index contributed by atoms with van der Waals surface area (Å²) in [7, 11) is 0. The molecule has 0 aliphatic carbocycles. The number of H-pyrrole nitrogens is 1. The monoisotopic (exact) mass is 473 g/mol. The molecule has 2 fully saturated rings. The summed E-state index contributed by atoms with van der Waals surface area (Å²) in [5.74, 6) is 0.375. The topological polar surface area (TPSA) is 121 Å². The molecule has 12 heteroatoms. The first-order valence-corrected chi connectivity index (χ1v) is 11.2. The zero-order valence-corrected chi connectivity index (χ0v) is 18.5. The third-order valence-electron chi connectivity index (χ3n) is 6.15. The summed E-state index contributed by atoms with van der Waals surface area (Å²) in [6, 6.07) is 6.40. The van der Waals surface area contributed by atoms with Crippen molar-refractivity contribution in [2.45, 2.75) is 32.1 Å². The van der Waals surface area contributed by atoms with Gasteiger partial charge in [-0.05, 0) is 36.2 Å². The van der Waals surface area contributed by atoms with Crippen LogP contribution in [0.5, 0.6) is 5.88 Å². The Bertz CT molecular complexity index is 1110. The number of anilines is 2. The van der Waals surface area contributed by atoms with Crippen LogP contribution in [0.1, 0.15) is 18.5 Å². The van der Waals surface area contributed by atoms with Crippen molar-refractivity contribution in [2.24, 2.45) is 5.92 Å². The Hall–Kier alpha value is -3.67. The van der Waals surface area contributed by atoms with Crippen LogP contribution in [0.4, 0.5) is 20.6 Å². The van der Waals surface area contributed by atoms with Crippen molar-refractivity contribution in [1.29, 1.82) is 0 Å². The number of hydrogen-bond acceptors (Lipinski definition) is 8. The van der Waals surface area contributed by atoms with Crippen LogP contribution in [0, 0.1) is 11.7 Å². The van der Waals surface area contributed by atoms with Crippen LogP contribution in [0.15, 0.2) is 41.2 Å². The zero-order chi connectivity index (χ0) is 23.5. The fourth-order valence-electron chi connectivity index (χ4n) is 4.36. The third-order valence-corrected chi connectivity index (χ3v) is 6.15. The minimum atomic E-state index is -0.539. The van der Waals surface area contributed by atoms with Gasteiger partial charge in [-0.15, -0.1) is 0 Å². The van der Waals surface area contributed by atoms with E-state index in [9.17, 15) is 4.79 Å². The van der Waals surface area contributed by atoms with Gasteiger partial charge in [0.15, 0.2) is 12.3 Å². The quantitative estimate of drug-likeness (QED) is 0.474. The van der Waals surface area contributed by atoms with Crippen LogP contribution >= 0.6 is 0 Å². The second-order valence-electron chi connectivity index (χ2n) is 8.47. The first-order chi connectivity index (χ1) is 16.6. The van der Waals surface area contributed by atoms with Crippen LogP contribution < -0.4 is 19.2 Å². The van der Waals surface area contributed by atoms with Crippen LogP contribution in [-0.2, 0) is 17.9 Å². The Labute approximate surface area is 194 Å². The van der Waals surface area contributed by atoms with E-state index in [1.54, 1.807) is 24.4 Å². The van der Waals surface area contributed by atoms with Gasteiger partial charge in [-0.2, -0.15) is 4.68 Å². The number of aliphatic hydroxyl groups is 1. The summed E-state index contributed by atoms with van der Waals surface area (Å²) in [4.78, 5) is 15.7. The third kappa shape index (κ3) is 4.81. The first kappa shape index (κ1) is 22.1. The Morgan fingerprint density at radius 2 is 2.15 bits per heavy atom. The number of carbonyl (C=O) groups is 1. The number of carbonyl (C=O) groups excluding carboxylic acids is 1. The van der Waals surface area contributed by atoms with Crippen LogP contribution in [-0.4, -0.2) is 59.0 Å². The predicted octanol–water partition coefficient (Wildman–Crippen LogP) is 1.64. The summed E-state index contributed by atoms with van der Waals surface area (Å²) in [6.45, 7) is 2.53. The number of cyclic esters (lactones) is 1. The van der Waals surface area contributed by atoms with E-state index in [1.165, 1.54) is 17.2 Å². The molecule has 34 heavy (non-hydrogen) atoms. The van der Waals surface area contributed by atoms with Crippen LogP contribution in [0.25, 0.3) is 0 Å². The molecule has 4 heterocycles. The van der Waals surface area contributed by atoms with E-state index in [4.69, 9.17) is 19.1 Å². The number of ether oxygens (including phenoxy) is 2. The van der Waals surface area contributed by atoms with E-state index < -0.39 is 12.2 Å². The molecule has 2 saturated heterocycles. The maximum absolute atomic E-state index is 15.0. The SMILES string of the molecule is O=C1O[C@@H](COc2ccon2)CN1c1ccc(N2CCC(C[n+]3cc(CO)n[nH]3)CC2)c(F)c1. The molecule has 1 amide bonds. The maximum atomic E-state index is 15.0. The highest BCUT2D eigenvalue weighted by Gasteiger charge is 2.34. The van der Waals surface area contributed by atoms with E-state index >= 15 is 4.39 Å². The number of halogens is 1. The van der Waals surface area contributed by atoms with Crippen molar-refractivity contribution >= 4 is 17.5 Å². The van der Waals surface area contributed by atoms with Gasteiger partial charge < -0.3 is 24.0 Å². The molecular formula is C22H26FN6O5+. The van der Waals surface area contributed by atoms with E-state index in [0.29, 0.717) is 28.9 Å². The molecule has 0 saturated carbocycles. The van der Waals surface area contributed by atoms with E-state index in [2.05, 4.69) is 15.5 Å². The van der Waals surface area contributed by atoms with E-state index in [1.807, 2.05) is 9.58 Å². The second kappa shape index (κ2) is 9.67. The van der Waals surface area contributed by atoms with Crippen LogP contribution in [0.2, 0.25) is 0 Å². The number of piperidine rings is 1. The number of nitrogens with zero attached hydrogens (tertiary/aromatic N) is 5. The number of hydrogen-bond donors (Lipinski definition) is 2. The van der Waals surface area contributed by atoms with Gasteiger partial charge in [-0.25, -0.2) is 9.18 Å². The molecule has 0 radical (unpaired) electrons. The number of aromatic nitrogens is 4. The number of aromatic amines is 1. The van der Waals surface area contributed by atoms with Crippen molar-refractivity contribution < 1.29 is 33.0 Å². The lowest BCUT2D eigenvalue weighted by Crippen LogP contribution is -2.43. The standard InChI is InChI=1S/C22H25FN6O5/c23-19-9-17(29-12-18(34-22(29)31)14-32-21-5-8-33-25-21)1-2-20(19)27-6-3-15(4-7-27)10-28-11-16(13-30)24-26-28/h1-2,5,8-9,11,15,18,30H,3-4,6-7,10,12-14H2/p+1/t18-/m1/s1. The van der Waals surface area contributed by atoms with Gasteiger partial charge in [0.25, 0.3) is 5.88 Å². The summed E-state index contributed by atoms with van der Waals surface area (Å²) < 4.78 is 32.4. The molecule has 2 N–H and O–H groups in total. The summed E-state index contributed by atoms with van der Waals surface area (Å²) in [5.41, 5.74) is 1.58. The molecule has 1 aromatic carbocycles. The van der Waals surface area contributed by atoms with E-state index in [0.717, 1.165) is 32.5 Å². The fraction of sp³-hybridized carbons (Fsp3) is 0.455. The Balaban J connectivity index is 1.16. The van der Waals surface area contributed by atoms with Crippen molar-refractivity contribution in [3.8, 4) is 5.88 Å². The number of amides is 1. The van der Waals surface area contributed by atoms with Crippen LogP contribution in [0.3, 0.4) is 0 Å². The number of nitrogens with one attached hydrogen (secondary N) is 1. The highest BCUT2D eigenvalue weighted by molar-refractivity contribution is 5.90. The zero-order valence-electron chi connectivity index (χ0n) is 18.5. The maximum Gasteiger partial charge on any atom is 0.414 e. The van der Waals surface area contributed by atoms with Gasteiger partial charge in [-0.1, -0.05) is 5.21 Å². The highest BCUT2D eigenvalue weighted by atomic mass is 19.1.